The molecule has 7 nitrogen and oxygen atoms in total. The van der Waals surface area contributed by atoms with E-state index in [9.17, 15) is 17.8 Å². The van der Waals surface area contributed by atoms with Crippen LogP contribution in [0.3, 0.4) is 0 Å². The molecule has 36 heavy (non-hydrogen) atoms. The molecule has 1 aromatic carbocycles. The number of hydrogen-bond donors (Lipinski definition) is 2. The van der Waals surface area contributed by atoms with Gasteiger partial charge in [0.2, 0.25) is 5.92 Å². The molecule has 2 aromatic rings. The van der Waals surface area contributed by atoms with Crippen LogP contribution in [0.25, 0.3) is 11.3 Å². The van der Waals surface area contributed by atoms with Crippen LogP contribution in [0.2, 0.25) is 0 Å². The van der Waals surface area contributed by atoms with E-state index in [4.69, 9.17) is 15.6 Å². The maximum atomic E-state index is 13.8. The molecule has 1 spiro atoms. The van der Waals surface area contributed by atoms with Crippen molar-refractivity contribution in [2.24, 2.45) is 11.1 Å². The number of nitrogens with one attached hydrogen (secondary N) is 1. The van der Waals surface area contributed by atoms with Gasteiger partial charge in [-0.3, -0.25) is 14.3 Å². The number of carbonyl (C=O) groups is 1. The van der Waals surface area contributed by atoms with Crippen LogP contribution >= 0.6 is 0 Å². The number of nitrogens with zero attached hydrogens (tertiary/aromatic N) is 3. The normalized spacial score (nSPS) is 22.9. The molecule has 2 aliphatic carbocycles. The zero-order chi connectivity index (χ0) is 25.9. The van der Waals surface area contributed by atoms with Gasteiger partial charge in [-0.15, -0.1) is 0 Å². The number of aromatic nitrogens is 2. The summed E-state index contributed by atoms with van der Waals surface area (Å²) in [6.45, 7) is 3.48. The molecule has 5 rings (SSSR count). The minimum Gasteiger partial charge on any atom is -0.370 e. The summed E-state index contributed by atoms with van der Waals surface area (Å²) in [5.74, 6) is -3.15. The number of primary amides is 1. The number of benzene rings is 1. The van der Waals surface area contributed by atoms with Crippen molar-refractivity contribution in [3.8, 4) is 11.3 Å². The Morgan fingerprint density at radius 3 is 2.36 bits per heavy atom. The first-order chi connectivity index (χ1) is 16.9. The van der Waals surface area contributed by atoms with Crippen LogP contribution in [0.15, 0.2) is 18.2 Å². The molecule has 3 fully saturated rings. The average Bonchev–Trinajstić information content (AvgIpc) is 3.43. The Balaban J connectivity index is 1.62. The van der Waals surface area contributed by atoms with Gasteiger partial charge in [0.05, 0.1) is 28.7 Å². The van der Waals surface area contributed by atoms with Gasteiger partial charge in [0.1, 0.15) is 0 Å². The lowest BCUT2D eigenvalue weighted by Crippen LogP contribution is -2.36. The summed E-state index contributed by atoms with van der Waals surface area (Å²) in [4.78, 5) is 14.8. The van der Waals surface area contributed by atoms with Crippen molar-refractivity contribution >= 4 is 21.3 Å². The first-order valence-electron chi connectivity index (χ1n) is 12.7. The highest BCUT2D eigenvalue weighted by Gasteiger charge is 2.45. The Kier molecular flexibility index (Phi) is 6.16. The molecular weight excluding hydrogens is 484 g/mol. The molecule has 3 aliphatic rings. The van der Waals surface area contributed by atoms with Crippen molar-refractivity contribution in [2.75, 3.05) is 24.2 Å². The number of alkyl halides is 2. The van der Waals surface area contributed by atoms with Gasteiger partial charge in [0, 0.05) is 53.2 Å². The molecule has 0 bridgehead atoms. The van der Waals surface area contributed by atoms with Crippen LogP contribution in [0.1, 0.15) is 79.0 Å². The predicted octanol–water partition coefficient (Wildman–Crippen LogP) is 5.26. The van der Waals surface area contributed by atoms with Gasteiger partial charge >= 0.3 is 0 Å². The quantitative estimate of drug-likeness (QED) is 0.543. The Hall–Kier alpha value is -2.49. The number of hydrogen-bond acceptors (Lipinski definition) is 5. The van der Waals surface area contributed by atoms with Crippen LogP contribution in [0, 0.1) is 17.1 Å². The first-order valence-corrected chi connectivity index (χ1v) is 14.9. The van der Waals surface area contributed by atoms with Gasteiger partial charge in [-0.1, -0.05) is 6.07 Å². The van der Waals surface area contributed by atoms with Crippen LogP contribution < -0.4 is 10.6 Å². The number of piperidine rings is 1. The average molecular weight is 520 g/mol. The number of amides is 1. The summed E-state index contributed by atoms with van der Waals surface area (Å²) < 4.78 is 50.1. The maximum absolute atomic E-state index is 13.8. The van der Waals surface area contributed by atoms with Crippen molar-refractivity contribution in [3.63, 3.8) is 0 Å². The Bertz CT molecular complexity index is 1280. The zero-order valence-corrected chi connectivity index (χ0v) is 21.8. The number of nitrogens with two attached hydrogens (primary N) is 1. The highest BCUT2D eigenvalue weighted by Crippen LogP contribution is 2.54. The second-order valence-corrected chi connectivity index (χ2v) is 13.5. The van der Waals surface area contributed by atoms with Crippen LogP contribution in [-0.2, 0) is 15.5 Å². The number of anilines is 1. The molecule has 3 N–H and O–H groups in total. The summed E-state index contributed by atoms with van der Waals surface area (Å²) >= 11 is 0. The summed E-state index contributed by atoms with van der Waals surface area (Å²) in [5, 5.41) is 4.88. The van der Waals surface area contributed by atoms with Crippen molar-refractivity contribution in [2.45, 2.75) is 76.0 Å². The standard InChI is InChI=1S/C26H35F2N5O2S/c1-17-15-21(31-33(17)19-5-7-26(27,28)8-6-19)22-18(16-36(2,30)35)3-4-20(24(29)34)23(22)32-13-11-25(9-10-25)12-14-32/h3-4,15,19,30H,5-14,16H2,1-2H3,(H2,29,34). The van der Waals surface area contributed by atoms with Gasteiger partial charge < -0.3 is 10.6 Å². The number of halogens is 2. The van der Waals surface area contributed by atoms with Crippen molar-refractivity contribution in [3.05, 3.63) is 35.0 Å². The Morgan fingerprint density at radius 2 is 1.81 bits per heavy atom. The third-order valence-electron chi connectivity index (χ3n) is 8.27. The smallest absolute Gasteiger partial charge is 0.250 e. The van der Waals surface area contributed by atoms with Gasteiger partial charge in [0.25, 0.3) is 5.91 Å². The molecule has 2 heterocycles. The minimum absolute atomic E-state index is 0.0215. The molecule has 2 saturated carbocycles. The molecule has 0 radical (unpaired) electrons. The van der Waals surface area contributed by atoms with E-state index in [1.807, 2.05) is 17.7 Å². The van der Waals surface area contributed by atoms with Gasteiger partial charge in [-0.2, -0.15) is 5.10 Å². The van der Waals surface area contributed by atoms with E-state index in [-0.39, 0.29) is 24.6 Å². The summed E-state index contributed by atoms with van der Waals surface area (Å²) in [6, 6.07) is 5.20. The Labute approximate surface area is 211 Å². The molecule has 1 saturated heterocycles. The van der Waals surface area contributed by atoms with Gasteiger partial charge in [0.15, 0.2) is 0 Å². The molecule has 1 unspecified atom stereocenters. The molecule has 1 aliphatic heterocycles. The van der Waals surface area contributed by atoms with Crippen LogP contribution in [0.4, 0.5) is 14.5 Å². The molecular formula is C26H35F2N5O2S. The largest absolute Gasteiger partial charge is 0.370 e. The first kappa shape index (κ1) is 25.2. The van der Waals surface area contributed by atoms with E-state index >= 15 is 0 Å². The summed E-state index contributed by atoms with van der Waals surface area (Å²) in [6.07, 6.45) is 6.36. The van der Waals surface area contributed by atoms with Crippen LogP contribution in [0.5, 0.6) is 0 Å². The molecule has 196 valence electrons. The predicted molar refractivity (Wildman–Crippen MR) is 137 cm³/mol. The number of carbonyl (C=O) groups excluding carboxylic acids is 1. The second-order valence-electron chi connectivity index (χ2n) is 11.2. The maximum Gasteiger partial charge on any atom is 0.250 e. The zero-order valence-electron chi connectivity index (χ0n) is 21.0. The molecule has 1 aromatic heterocycles. The summed E-state index contributed by atoms with van der Waals surface area (Å²) in [7, 11) is -2.89. The minimum atomic E-state index is -2.89. The molecule has 1 amide bonds. The van der Waals surface area contributed by atoms with Crippen molar-refractivity contribution in [1.29, 1.82) is 4.78 Å². The monoisotopic (exact) mass is 519 g/mol. The fourth-order valence-corrected chi connectivity index (χ4v) is 6.83. The van der Waals surface area contributed by atoms with Gasteiger partial charge in [-0.25, -0.2) is 13.0 Å². The summed E-state index contributed by atoms with van der Waals surface area (Å²) in [5.41, 5.74) is 10.2. The van der Waals surface area contributed by atoms with Crippen LogP contribution in [-0.4, -0.2) is 45.2 Å². The van der Waals surface area contributed by atoms with E-state index in [1.54, 1.807) is 12.1 Å². The van der Waals surface area contributed by atoms with E-state index in [1.165, 1.54) is 19.1 Å². The fourth-order valence-electron chi connectivity index (χ4n) is 5.99. The van der Waals surface area contributed by atoms with Crippen molar-refractivity contribution < 1.29 is 17.8 Å². The third kappa shape index (κ3) is 5.01. The highest BCUT2D eigenvalue weighted by atomic mass is 32.2. The van der Waals surface area contributed by atoms with Crippen molar-refractivity contribution in [1.82, 2.24) is 9.78 Å². The van der Waals surface area contributed by atoms with E-state index in [0.717, 1.165) is 31.6 Å². The lowest BCUT2D eigenvalue weighted by molar-refractivity contribution is -0.0451. The second kappa shape index (κ2) is 8.82. The molecule has 1 atom stereocenters. The SMILES string of the molecule is Cc1cc(-c2c(CS(C)(=N)=O)ccc(C(N)=O)c2N2CCC3(CC2)CC3)nn1C1CCC(F)(F)CC1. The fraction of sp³-hybridized carbons (Fsp3) is 0.615. The topological polar surface area (TPSA) is 105 Å². The van der Waals surface area contributed by atoms with Gasteiger partial charge in [-0.05, 0) is 68.6 Å². The number of rotatable bonds is 6. The van der Waals surface area contributed by atoms with E-state index in [2.05, 4.69) is 4.90 Å². The third-order valence-corrected chi connectivity index (χ3v) is 9.13. The lowest BCUT2D eigenvalue weighted by Gasteiger charge is -2.36. The molecule has 10 heteroatoms. The van der Waals surface area contributed by atoms with E-state index < -0.39 is 21.6 Å². The lowest BCUT2D eigenvalue weighted by atomic mass is 9.91. The number of aryl methyl sites for hydroxylation is 1. The highest BCUT2D eigenvalue weighted by molar-refractivity contribution is 7.90. The van der Waals surface area contributed by atoms with E-state index in [0.29, 0.717) is 46.3 Å². The Morgan fingerprint density at radius 1 is 1.17 bits per heavy atom.